The summed E-state index contributed by atoms with van der Waals surface area (Å²) in [5.74, 6) is 0. The zero-order chi connectivity index (χ0) is 14.1. The Morgan fingerprint density at radius 2 is 1.81 bits per heavy atom. The van der Waals surface area contributed by atoms with Crippen molar-refractivity contribution in [3.8, 4) is 0 Å². The third kappa shape index (κ3) is 10.3. The van der Waals surface area contributed by atoms with Crippen molar-refractivity contribution in [2.75, 3.05) is 0 Å². The summed E-state index contributed by atoms with van der Waals surface area (Å²) in [5, 5.41) is 2.72. The minimum atomic E-state index is 0. The molecule has 0 heterocycles. The summed E-state index contributed by atoms with van der Waals surface area (Å²) >= 11 is 1.45. The SMILES string of the molecule is C[Si](C)=[Hf+2].Cc1c[cH-]c2ccccc12.Cl.Cl.[C-]1=CC=CC1. The van der Waals surface area contributed by atoms with Crippen molar-refractivity contribution in [3.63, 3.8) is 0 Å². The van der Waals surface area contributed by atoms with E-state index in [4.69, 9.17) is 0 Å². The molecule has 0 amide bonds. The van der Waals surface area contributed by atoms with Gasteiger partial charge in [-0.05, 0) is 0 Å². The number of hydrogen-bond acceptors (Lipinski definition) is 0. The zero-order valence-electron chi connectivity index (χ0n) is 12.7. The van der Waals surface area contributed by atoms with Crippen LogP contribution in [-0.4, -0.2) is 5.49 Å². The van der Waals surface area contributed by atoms with Crippen LogP contribution in [0, 0.1) is 13.0 Å². The van der Waals surface area contributed by atoms with Gasteiger partial charge in [0, 0.05) is 0 Å². The van der Waals surface area contributed by atoms with Gasteiger partial charge in [-0.3, -0.25) is 6.08 Å². The molecule has 0 radical (unpaired) electrons. The molecule has 0 N–H and O–H groups in total. The van der Waals surface area contributed by atoms with Crippen molar-refractivity contribution >= 4 is 41.1 Å². The molecule has 21 heavy (non-hydrogen) atoms. The van der Waals surface area contributed by atoms with Crippen LogP contribution in [0.25, 0.3) is 10.8 Å². The van der Waals surface area contributed by atoms with E-state index < -0.39 is 0 Å². The van der Waals surface area contributed by atoms with Gasteiger partial charge in [-0.2, -0.15) is 17.7 Å². The van der Waals surface area contributed by atoms with Crippen LogP contribution in [0.15, 0.2) is 54.6 Å². The average Bonchev–Trinajstić information content (AvgIpc) is 3.03. The van der Waals surface area contributed by atoms with E-state index in [1.54, 1.807) is 0 Å². The Bertz CT molecular complexity index is 571. The van der Waals surface area contributed by atoms with E-state index in [9.17, 15) is 0 Å². The van der Waals surface area contributed by atoms with Gasteiger partial charge in [0.05, 0.1) is 0 Å². The summed E-state index contributed by atoms with van der Waals surface area (Å²) in [6, 6.07) is 12.8. The quantitative estimate of drug-likeness (QED) is 0.315. The third-order valence-corrected chi connectivity index (χ3v) is 2.48. The average molecular weight is 504 g/mol. The summed E-state index contributed by atoms with van der Waals surface area (Å²) in [6.07, 6.45) is 10.0. The Morgan fingerprint density at radius 3 is 2.24 bits per heavy atom. The smallest absolute Gasteiger partial charge is 0.0809 e. The first-order valence-electron chi connectivity index (χ1n) is 6.46. The molecule has 0 saturated carbocycles. The standard InChI is InChI=1S/C10H9.C5H5.C2H6Si.2ClH.Hf/c1-8-6-7-9-4-2-3-5-10(8)9;1-2-4-5-3-1;1-3-2;;;/h2-7H,1H3;1-3H,4H2;1-2H3;2*1H;/q2*-1;;;;+2. The van der Waals surface area contributed by atoms with Crippen molar-refractivity contribution in [1.82, 2.24) is 0 Å². The topological polar surface area (TPSA) is 0 Å². The van der Waals surface area contributed by atoms with Crippen molar-refractivity contribution in [2.45, 2.75) is 26.4 Å². The van der Waals surface area contributed by atoms with Crippen LogP contribution >= 0.6 is 24.8 Å². The molecule has 0 nitrogen and oxygen atoms in total. The molecule has 0 spiro atoms. The molecule has 3 rings (SSSR count). The van der Waals surface area contributed by atoms with E-state index in [1.807, 2.05) is 12.2 Å². The molecule has 2 aromatic carbocycles. The summed E-state index contributed by atoms with van der Waals surface area (Å²) in [4.78, 5) is 0. The molecule has 0 fully saturated rings. The predicted octanol–water partition coefficient (Wildman–Crippen LogP) is 5.80. The normalized spacial score (nSPS) is 10.5. The molecule has 0 saturated heterocycles. The molecule has 1 aliphatic rings. The van der Waals surface area contributed by atoms with E-state index in [0.717, 1.165) is 6.42 Å². The molecule has 1 aliphatic carbocycles. The molecule has 4 heteroatoms. The van der Waals surface area contributed by atoms with Crippen molar-refractivity contribution in [3.05, 3.63) is 66.3 Å². The second-order valence-corrected chi connectivity index (χ2v) is 17.4. The van der Waals surface area contributed by atoms with Gasteiger partial charge >= 0.3 is 41.6 Å². The van der Waals surface area contributed by atoms with E-state index in [-0.39, 0.29) is 30.3 Å². The Labute approximate surface area is 156 Å². The van der Waals surface area contributed by atoms with Crippen molar-refractivity contribution < 1.29 is 23.0 Å². The van der Waals surface area contributed by atoms with Gasteiger partial charge in [-0.1, -0.05) is 13.0 Å². The summed E-state index contributed by atoms with van der Waals surface area (Å²) in [5.41, 5.74) is 1.63. The fourth-order valence-corrected chi connectivity index (χ4v) is 1.65. The summed E-state index contributed by atoms with van der Waals surface area (Å²) in [6.45, 7) is 6.80. The van der Waals surface area contributed by atoms with Crippen LogP contribution in [0.3, 0.4) is 0 Å². The molecule has 0 aromatic heterocycles. The molecule has 2 aromatic rings. The number of aryl methyl sites for hydroxylation is 1. The van der Waals surface area contributed by atoms with E-state index in [1.165, 1.54) is 39.3 Å². The summed E-state index contributed by atoms with van der Waals surface area (Å²) in [7, 11) is 0. The Balaban J connectivity index is 0. The molecule has 0 atom stereocenters. The summed E-state index contributed by atoms with van der Waals surface area (Å²) < 4.78 is 0. The number of benzene rings is 1. The number of allylic oxidation sites excluding steroid dienone is 4. The monoisotopic (exact) mass is 504 g/mol. The maximum Gasteiger partial charge on any atom is -0.0809 e. The van der Waals surface area contributed by atoms with Gasteiger partial charge in [0.1, 0.15) is 0 Å². The van der Waals surface area contributed by atoms with Gasteiger partial charge in [0.15, 0.2) is 0 Å². The first-order chi connectivity index (χ1) is 9.11. The van der Waals surface area contributed by atoms with Gasteiger partial charge in [0.25, 0.3) is 0 Å². The Hall–Kier alpha value is -0.0230. The third-order valence-electron chi connectivity index (χ3n) is 2.48. The van der Waals surface area contributed by atoms with E-state index >= 15 is 0 Å². The molecule has 0 bridgehead atoms. The van der Waals surface area contributed by atoms with Crippen LogP contribution in [0.1, 0.15) is 12.0 Å². The number of halogens is 2. The van der Waals surface area contributed by atoms with Crippen LogP contribution in [0.2, 0.25) is 13.1 Å². The van der Waals surface area contributed by atoms with Gasteiger partial charge < -0.3 is 0 Å². The van der Waals surface area contributed by atoms with Crippen molar-refractivity contribution in [1.29, 1.82) is 0 Å². The second-order valence-electron chi connectivity index (χ2n) is 4.61. The Morgan fingerprint density at radius 1 is 1.19 bits per heavy atom. The maximum atomic E-state index is 2.99. The van der Waals surface area contributed by atoms with Gasteiger partial charge in [-0.25, -0.2) is 12.2 Å². The number of fused-ring (bicyclic) bond motifs is 1. The zero-order valence-corrected chi connectivity index (χ0v) is 18.9. The largest absolute Gasteiger partial charge is 0.273 e. The fraction of sp³-hybridized carbons (Fsp3) is 0.235. The van der Waals surface area contributed by atoms with Gasteiger partial charge in [0.2, 0.25) is 0 Å². The first-order valence-corrected chi connectivity index (χ1v) is 14.3. The number of hydrogen-bond donors (Lipinski definition) is 0. The van der Waals surface area contributed by atoms with Crippen LogP contribution < -0.4 is 0 Å². The van der Waals surface area contributed by atoms with Crippen molar-refractivity contribution in [2.24, 2.45) is 0 Å². The Kier molecular flexibility index (Phi) is 15.1. The second kappa shape index (κ2) is 13.6. The first kappa shape index (κ1) is 23.2. The van der Waals surface area contributed by atoms with Gasteiger partial charge in [-0.15, -0.1) is 66.3 Å². The fourth-order valence-electron chi connectivity index (χ4n) is 1.65. The minimum absolute atomic E-state index is 0. The molecule has 0 unspecified atom stereocenters. The predicted molar refractivity (Wildman–Crippen MR) is 97.8 cm³/mol. The van der Waals surface area contributed by atoms with E-state index in [2.05, 4.69) is 68.6 Å². The molecule has 0 aliphatic heterocycles. The minimum Gasteiger partial charge on any atom is -0.273 e. The molecular weight excluding hydrogens is 482 g/mol. The van der Waals surface area contributed by atoms with Crippen LogP contribution in [0.5, 0.6) is 0 Å². The molecular formula is C17H22Cl2HfSi. The van der Waals surface area contributed by atoms with Crippen LogP contribution in [0.4, 0.5) is 0 Å². The molecule has 112 valence electrons. The maximum absolute atomic E-state index is 2.99. The van der Waals surface area contributed by atoms with Crippen LogP contribution in [-0.2, 0) is 23.0 Å². The number of rotatable bonds is 0. The van der Waals surface area contributed by atoms with E-state index in [0.29, 0.717) is 0 Å².